The normalized spacial score (nSPS) is 15.6. The number of aromatic nitrogens is 1. The first-order valence-corrected chi connectivity index (χ1v) is 9.54. The second-order valence-electron chi connectivity index (χ2n) is 6.31. The lowest BCUT2D eigenvalue weighted by molar-refractivity contribution is 0.456. The Morgan fingerprint density at radius 3 is 2.77 bits per heavy atom. The van der Waals surface area contributed by atoms with Crippen molar-refractivity contribution in [1.82, 2.24) is 4.98 Å². The summed E-state index contributed by atoms with van der Waals surface area (Å²) in [5.41, 5.74) is 2.66. The van der Waals surface area contributed by atoms with Crippen molar-refractivity contribution in [2.75, 3.05) is 29.5 Å². The van der Waals surface area contributed by atoms with Crippen LogP contribution in [0.5, 0.6) is 0 Å². The zero-order valence-electron chi connectivity index (χ0n) is 13.5. The number of nitrogens with zero attached hydrogens (tertiary/aromatic N) is 2. The minimum Gasteiger partial charge on any atom is -0.370 e. The van der Waals surface area contributed by atoms with Gasteiger partial charge in [-0.1, -0.05) is 38.4 Å². The molecule has 0 bridgehead atoms. The molecule has 1 aromatic carbocycles. The monoisotopic (exact) mass is 334 g/mol. The zero-order chi connectivity index (χ0) is 15.7. The van der Waals surface area contributed by atoms with Gasteiger partial charge in [0.2, 0.25) is 0 Å². The van der Waals surface area contributed by atoms with E-state index in [1.807, 2.05) is 24.0 Å². The maximum atomic E-state index is 6.13. The van der Waals surface area contributed by atoms with Crippen molar-refractivity contribution in [1.29, 1.82) is 0 Å². The lowest BCUT2D eigenvalue weighted by Gasteiger charge is -2.41. The molecule has 0 unspecified atom stereocenters. The van der Waals surface area contributed by atoms with E-state index in [0.717, 1.165) is 19.0 Å². The molecule has 0 atom stereocenters. The van der Waals surface area contributed by atoms with E-state index in [-0.39, 0.29) is 0 Å². The van der Waals surface area contributed by atoms with Crippen LogP contribution in [-0.4, -0.2) is 29.6 Å². The molecular formula is C18H23ClN2S. The molecule has 1 fully saturated rings. The molecule has 0 amide bonds. The van der Waals surface area contributed by atoms with Gasteiger partial charge in [-0.2, -0.15) is 11.8 Å². The van der Waals surface area contributed by atoms with Crippen molar-refractivity contribution in [3.8, 4) is 0 Å². The van der Waals surface area contributed by atoms with Gasteiger partial charge in [-0.3, -0.25) is 0 Å². The van der Waals surface area contributed by atoms with Crippen molar-refractivity contribution < 1.29 is 0 Å². The molecule has 0 spiro atoms. The van der Waals surface area contributed by atoms with Gasteiger partial charge in [0, 0.05) is 36.3 Å². The summed E-state index contributed by atoms with van der Waals surface area (Å²) < 4.78 is 0. The van der Waals surface area contributed by atoms with Crippen LogP contribution in [0.3, 0.4) is 0 Å². The third kappa shape index (κ3) is 3.07. The molecule has 0 radical (unpaired) electrons. The van der Waals surface area contributed by atoms with E-state index in [0.29, 0.717) is 11.1 Å². The fourth-order valence-corrected chi connectivity index (χ4v) is 4.09. The molecule has 4 heteroatoms. The van der Waals surface area contributed by atoms with Crippen LogP contribution in [0.25, 0.3) is 10.8 Å². The second-order valence-corrected chi connectivity index (χ2v) is 8.02. The Hall–Kier alpha value is -0.930. The van der Waals surface area contributed by atoms with Crippen LogP contribution in [0.15, 0.2) is 24.4 Å². The number of halogens is 1. The lowest BCUT2D eigenvalue weighted by atomic mass is 9.94. The topological polar surface area (TPSA) is 16.1 Å². The first kappa shape index (κ1) is 15.9. The molecule has 1 saturated heterocycles. The van der Waals surface area contributed by atoms with E-state index in [4.69, 9.17) is 11.6 Å². The molecule has 1 aromatic heterocycles. The molecule has 1 aliphatic rings. The van der Waals surface area contributed by atoms with Crippen molar-refractivity contribution in [3.63, 3.8) is 0 Å². The number of hydrogen-bond donors (Lipinski definition) is 0. The molecule has 1 aliphatic heterocycles. The number of hydrogen-bond acceptors (Lipinski definition) is 3. The predicted octanol–water partition coefficient (Wildman–Crippen LogP) is 5.20. The predicted molar refractivity (Wildman–Crippen MR) is 99.5 cm³/mol. The van der Waals surface area contributed by atoms with E-state index in [2.05, 4.69) is 42.8 Å². The van der Waals surface area contributed by atoms with Crippen molar-refractivity contribution >= 4 is 39.8 Å². The summed E-state index contributed by atoms with van der Waals surface area (Å²) in [4.78, 5) is 6.79. The van der Waals surface area contributed by atoms with E-state index in [1.165, 1.54) is 33.5 Å². The van der Waals surface area contributed by atoms with Crippen molar-refractivity contribution in [2.45, 2.75) is 26.7 Å². The molecular weight excluding hydrogens is 312 g/mol. The minimum absolute atomic E-state index is 0.486. The van der Waals surface area contributed by atoms with Crippen LogP contribution in [0.4, 0.5) is 5.69 Å². The Labute approximate surface area is 142 Å². The molecule has 118 valence electrons. The molecule has 0 N–H and O–H groups in total. The number of pyridine rings is 1. The quantitative estimate of drug-likeness (QED) is 0.699. The Balaban J connectivity index is 1.90. The first-order valence-electron chi connectivity index (χ1n) is 8.01. The number of anilines is 1. The first-order chi connectivity index (χ1) is 10.6. The fraction of sp³-hybridized carbons (Fsp3) is 0.500. The standard InChI is InChI=1S/C18H23ClN2S/c1-4-22-11-13-9-21(10-13)17-6-5-14(12(2)3)15-7-18(19)20-8-16(15)17/h5-8,12-13H,4,9-11H2,1-3H3. The Kier molecular flexibility index (Phi) is 4.84. The Bertz CT molecular complexity index is 665. The highest BCUT2D eigenvalue weighted by molar-refractivity contribution is 7.99. The van der Waals surface area contributed by atoms with Gasteiger partial charge < -0.3 is 4.90 Å². The van der Waals surface area contributed by atoms with Crippen LogP contribution in [0, 0.1) is 5.92 Å². The number of fused-ring (bicyclic) bond motifs is 1. The van der Waals surface area contributed by atoms with Gasteiger partial charge in [-0.15, -0.1) is 0 Å². The lowest BCUT2D eigenvalue weighted by Crippen LogP contribution is -2.48. The summed E-state index contributed by atoms with van der Waals surface area (Å²) in [6, 6.07) is 6.53. The molecule has 2 nitrogen and oxygen atoms in total. The smallest absolute Gasteiger partial charge is 0.129 e. The molecule has 0 saturated carbocycles. The van der Waals surface area contributed by atoms with Crippen molar-refractivity contribution in [2.24, 2.45) is 5.92 Å². The van der Waals surface area contributed by atoms with E-state index in [9.17, 15) is 0 Å². The summed E-state index contributed by atoms with van der Waals surface area (Å²) in [6.45, 7) is 9.00. The molecule has 22 heavy (non-hydrogen) atoms. The second kappa shape index (κ2) is 6.67. The molecule has 3 rings (SSSR count). The van der Waals surface area contributed by atoms with Gasteiger partial charge in [0.25, 0.3) is 0 Å². The number of thioether (sulfide) groups is 1. The van der Waals surface area contributed by atoms with Gasteiger partial charge in [-0.05, 0) is 40.5 Å². The van der Waals surface area contributed by atoms with Crippen LogP contribution in [0.2, 0.25) is 5.15 Å². The maximum Gasteiger partial charge on any atom is 0.129 e. The van der Waals surface area contributed by atoms with Crippen molar-refractivity contribution in [3.05, 3.63) is 35.1 Å². The van der Waals surface area contributed by atoms with Crippen LogP contribution < -0.4 is 4.90 Å². The third-order valence-corrected chi connectivity index (χ3v) is 5.68. The molecule has 2 heterocycles. The van der Waals surface area contributed by atoms with Crippen LogP contribution >= 0.6 is 23.4 Å². The SMILES string of the molecule is CCSCC1CN(c2ccc(C(C)C)c3cc(Cl)ncc23)C1. The maximum absolute atomic E-state index is 6.13. The van der Waals surface area contributed by atoms with Gasteiger partial charge in [-0.25, -0.2) is 4.98 Å². The largest absolute Gasteiger partial charge is 0.370 e. The van der Waals surface area contributed by atoms with Gasteiger partial charge in [0.05, 0.1) is 0 Å². The summed E-state index contributed by atoms with van der Waals surface area (Å²) >= 11 is 8.17. The highest BCUT2D eigenvalue weighted by Gasteiger charge is 2.28. The highest BCUT2D eigenvalue weighted by Crippen LogP contribution is 2.36. The number of rotatable bonds is 5. The van der Waals surface area contributed by atoms with Crippen LogP contribution in [0.1, 0.15) is 32.3 Å². The van der Waals surface area contributed by atoms with Crippen LogP contribution in [-0.2, 0) is 0 Å². The Morgan fingerprint density at radius 1 is 1.32 bits per heavy atom. The van der Waals surface area contributed by atoms with Gasteiger partial charge in [0.1, 0.15) is 5.15 Å². The zero-order valence-corrected chi connectivity index (χ0v) is 15.0. The minimum atomic E-state index is 0.486. The van der Waals surface area contributed by atoms with Gasteiger partial charge in [0.15, 0.2) is 0 Å². The van der Waals surface area contributed by atoms with Gasteiger partial charge >= 0.3 is 0 Å². The molecule has 0 aliphatic carbocycles. The van der Waals surface area contributed by atoms with E-state index >= 15 is 0 Å². The Morgan fingerprint density at radius 2 is 2.09 bits per heavy atom. The third-order valence-electron chi connectivity index (χ3n) is 4.36. The average Bonchev–Trinajstić information content (AvgIpc) is 2.44. The molecule has 2 aromatic rings. The van der Waals surface area contributed by atoms with E-state index in [1.54, 1.807) is 0 Å². The average molecular weight is 335 g/mol. The summed E-state index contributed by atoms with van der Waals surface area (Å²) in [6.07, 6.45) is 1.94. The highest BCUT2D eigenvalue weighted by atomic mass is 35.5. The summed E-state index contributed by atoms with van der Waals surface area (Å²) in [7, 11) is 0. The number of benzene rings is 1. The van der Waals surface area contributed by atoms with E-state index < -0.39 is 0 Å². The summed E-state index contributed by atoms with van der Waals surface area (Å²) in [5.74, 6) is 3.80. The fourth-order valence-electron chi connectivity index (χ4n) is 3.16. The summed E-state index contributed by atoms with van der Waals surface area (Å²) in [5, 5.41) is 3.06.